The van der Waals surface area contributed by atoms with Gasteiger partial charge in [0.2, 0.25) is 15.9 Å². The van der Waals surface area contributed by atoms with Crippen LogP contribution in [0.4, 0.5) is 5.69 Å². The molecular weight excluding hydrogens is 336 g/mol. The number of para-hydroxylation sites is 1. The number of amides is 1. The molecule has 2 aromatic carbocycles. The van der Waals surface area contributed by atoms with Crippen molar-refractivity contribution < 1.29 is 13.2 Å². The Kier molecular flexibility index (Phi) is 6.20. The Bertz CT molecular complexity index is 820. The van der Waals surface area contributed by atoms with Crippen LogP contribution in [0.1, 0.15) is 24.5 Å². The molecule has 0 spiro atoms. The summed E-state index contributed by atoms with van der Waals surface area (Å²) in [5.41, 5.74) is 2.58. The van der Waals surface area contributed by atoms with Gasteiger partial charge in [0.05, 0.1) is 11.9 Å². The van der Waals surface area contributed by atoms with Crippen molar-refractivity contribution >= 4 is 21.6 Å². The minimum absolute atomic E-state index is 0.306. The Morgan fingerprint density at radius 2 is 1.68 bits per heavy atom. The lowest BCUT2D eigenvalue weighted by molar-refractivity contribution is -0.122. The summed E-state index contributed by atoms with van der Waals surface area (Å²) < 4.78 is 25.8. The number of aryl methyl sites for hydroxylation is 1. The lowest BCUT2D eigenvalue weighted by Crippen LogP contribution is -2.49. The van der Waals surface area contributed by atoms with E-state index in [1.165, 1.54) is 4.31 Å². The third kappa shape index (κ3) is 4.82. The summed E-state index contributed by atoms with van der Waals surface area (Å²) in [4.78, 5) is 12.7. The Morgan fingerprint density at radius 1 is 1.08 bits per heavy atom. The van der Waals surface area contributed by atoms with Gasteiger partial charge in [0, 0.05) is 6.54 Å². The number of nitrogens with zero attached hydrogens (tertiary/aromatic N) is 1. The van der Waals surface area contributed by atoms with Crippen molar-refractivity contribution in [1.29, 1.82) is 0 Å². The number of rotatable bonds is 7. The number of nitrogens with one attached hydrogen (secondary N) is 1. The van der Waals surface area contributed by atoms with E-state index in [1.807, 2.05) is 37.3 Å². The molecule has 2 aromatic rings. The molecule has 134 valence electrons. The van der Waals surface area contributed by atoms with Gasteiger partial charge < -0.3 is 5.32 Å². The van der Waals surface area contributed by atoms with Gasteiger partial charge in [-0.25, -0.2) is 8.42 Å². The minimum Gasteiger partial charge on any atom is -0.350 e. The maximum Gasteiger partial charge on any atom is 0.244 e. The van der Waals surface area contributed by atoms with E-state index >= 15 is 0 Å². The predicted molar refractivity (Wildman–Crippen MR) is 101 cm³/mol. The number of anilines is 1. The van der Waals surface area contributed by atoms with E-state index < -0.39 is 16.1 Å². The number of carbonyl (C=O) groups is 1. The monoisotopic (exact) mass is 360 g/mol. The molecule has 0 saturated carbocycles. The predicted octanol–water partition coefficient (Wildman–Crippen LogP) is 2.86. The van der Waals surface area contributed by atoms with Crippen molar-refractivity contribution in [3.8, 4) is 0 Å². The number of carbonyl (C=O) groups excluding carboxylic acids is 1. The average Bonchev–Trinajstić information content (AvgIpc) is 2.58. The third-order valence-corrected chi connectivity index (χ3v) is 5.23. The number of hydrogen-bond donors (Lipinski definition) is 1. The van der Waals surface area contributed by atoms with Crippen LogP contribution in [0.15, 0.2) is 54.6 Å². The summed E-state index contributed by atoms with van der Waals surface area (Å²) in [6.07, 6.45) is 1.50. The zero-order valence-corrected chi connectivity index (χ0v) is 15.6. The molecule has 2 rings (SSSR count). The largest absolute Gasteiger partial charge is 0.350 e. The normalized spacial score (nSPS) is 12.4. The van der Waals surface area contributed by atoms with Gasteiger partial charge in [-0.3, -0.25) is 9.10 Å². The smallest absolute Gasteiger partial charge is 0.244 e. The highest BCUT2D eigenvalue weighted by Crippen LogP contribution is 2.22. The molecule has 1 atom stereocenters. The van der Waals surface area contributed by atoms with Gasteiger partial charge in [0.1, 0.15) is 6.04 Å². The van der Waals surface area contributed by atoms with E-state index in [1.54, 1.807) is 31.2 Å². The van der Waals surface area contributed by atoms with Gasteiger partial charge in [-0.15, -0.1) is 0 Å². The Morgan fingerprint density at radius 3 is 2.24 bits per heavy atom. The fourth-order valence-electron chi connectivity index (χ4n) is 2.74. The second-order valence-corrected chi connectivity index (χ2v) is 7.82. The average molecular weight is 360 g/mol. The molecule has 0 aromatic heterocycles. The highest BCUT2D eigenvalue weighted by molar-refractivity contribution is 7.92. The van der Waals surface area contributed by atoms with Crippen LogP contribution in [0.25, 0.3) is 0 Å². The van der Waals surface area contributed by atoms with Gasteiger partial charge >= 0.3 is 0 Å². The maximum atomic E-state index is 12.7. The highest BCUT2D eigenvalue weighted by atomic mass is 32.2. The SMILES string of the molecule is CCC(C(=O)NCc1ccccc1C)N(c1ccccc1)S(C)(=O)=O. The molecule has 25 heavy (non-hydrogen) atoms. The molecule has 0 aliphatic rings. The van der Waals surface area contributed by atoms with Crippen LogP contribution < -0.4 is 9.62 Å². The molecule has 0 radical (unpaired) electrons. The zero-order valence-electron chi connectivity index (χ0n) is 14.8. The van der Waals surface area contributed by atoms with E-state index in [4.69, 9.17) is 0 Å². The summed E-state index contributed by atoms with van der Waals surface area (Å²) in [5.74, 6) is -0.306. The molecule has 1 amide bonds. The zero-order chi connectivity index (χ0) is 18.4. The second kappa shape index (κ2) is 8.16. The molecular formula is C19H24N2O3S. The number of hydrogen-bond acceptors (Lipinski definition) is 3. The standard InChI is InChI=1S/C19H24N2O3S/c1-4-18(19(22)20-14-16-11-9-8-10-15(16)2)21(25(3,23)24)17-12-6-5-7-13-17/h5-13,18H,4,14H2,1-3H3,(H,20,22). The topological polar surface area (TPSA) is 66.5 Å². The van der Waals surface area contributed by atoms with E-state index in [0.717, 1.165) is 17.4 Å². The second-order valence-electron chi connectivity index (χ2n) is 5.96. The molecule has 1 N–H and O–H groups in total. The molecule has 0 aliphatic carbocycles. The van der Waals surface area contributed by atoms with Crippen LogP contribution in [-0.4, -0.2) is 26.6 Å². The van der Waals surface area contributed by atoms with Crippen molar-refractivity contribution in [2.75, 3.05) is 10.6 Å². The summed E-state index contributed by atoms with van der Waals surface area (Å²) in [6.45, 7) is 4.15. The Hall–Kier alpha value is -2.34. The van der Waals surface area contributed by atoms with Gasteiger partial charge in [0.15, 0.2) is 0 Å². The van der Waals surface area contributed by atoms with E-state index in [2.05, 4.69) is 5.32 Å². The lowest BCUT2D eigenvalue weighted by Gasteiger charge is -2.30. The van der Waals surface area contributed by atoms with Crippen molar-refractivity contribution in [1.82, 2.24) is 5.32 Å². The summed E-state index contributed by atoms with van der Waals surface area (Å²) in [7, 11) is -3.59. The fraction of sp³-hybridized carbons (Fsp3) is 0.316. The van der Waals surface area contributed by atoms with Crippen LogP contribution in [0.5, 0.6) is 0 Å². The van der Waals surface area contributed by atoms with E-state index in [-0.39, 0.29) is 5.91 Å². The number of sulfonamides is 1. The van der Waals surface area contributed by atoms with E-state index in [0.29, 0.717) is 18.7 Å². The van der Waals surface area contributed by atoms with E-state index in [9.17, 15) is 13.2 Å². The Labute approximate surface area is 149 Å². The number of benzene rings is 2. The molecule has 0 heterocycles. The molecule has 0 saturated heterocycles. The maximum absolute atomic E-state index is 12.7. The van der Waals surface area contributed by atoms with Crippen LogP contribution in [0.2, 0.25) is 0 Å². The highest BCUT2D eigenvalue weighted by Gasteiger charge is 2.31. The van der Waals surface area contributed by atoms with Crippen molar-refractivity contribution in [3.63, 3.8) is 0 Å². The first-order valence-corrected chi connectivity index (χ1v) is 10.1. The summed E-state index contributed by atoms with van der Waals surface area (Å²) in [6, 6.07) is 15.7. The van der Waals surface area contributed by atoms with Crippen LogP contribution in [0, 0.1) is 6.92 Å². The quantitative estimate of drug-likeness (QED) is 0.826. The van der Waals surface area contributed by atoms with Gasteiger partial charge in [-0.2, -0.15) is 0 Å². The first-order chi connectivity index (χ1) is 11.8. The molecule has 5 nitrogen and oxygen atoms in total. The lowest BCUT2D eigenvalue weighted by atomic mass is 10.1. The minimum atomic E-state index is -3.59. The van der Waals surface area contributed by atoms with Crippen LogP contribution in [0.3, 0.4) is 0 Å². The van der Waals surface area contributed by atoms with Gasteiger partial charge in [-0.05, 0) is 36.6 Å². The molecule has 6 heteroatoms. The van der Waals surface area contributed by atoms with Crippen molar-refractivity contribution in [2.24, 2.45) is 0 Å². The molecule has 0 aliphatic heterocycles. The summed E-state index contributed by atoms with van der Waals surface area (Å²) >= 11 is 0. The molecule has 0 bridgehead atoms. The molecule has 0 fully saturated rings. The fourth-order valence-corrected chi connectivity index (χ4v) is 3.96. The van der Waals surface area contributed by atoms with Crippen LogP contribution >= 0.6 is 0 Å². The van der Waals surface area contributed by atoms with Gasteiger partial charge in [-0.1, -0.05) is 49.4 Å². The first kappa shape index (κ1) is 19.0. The molecule has 1 unspecified atom stereocenters. The van der Waals surface area contributed by atoms with Gasteiger partial charge in [0.25, 0.3) is 0 Å². The van der Waals surface area contributed by atoms with Crippen molar-refractivity contribution in [2.45, 2.75) is 32.9 Å². The first-order valence-electron chi connectivity index (χ1n) is 8.21. The third-order valence-electron chi connectivity index (χ3n) is 4.05. The Balaban J connectivity index is 2.23. The summed E-state index contributed by atoms with van der Waals surface area (Å²) in [5, 5.41) is 2.87. The van der Waals surface area contributed by atoms with Crippen LogP contribution in [-0.2, 0) is 21.4 Å². The van der Waals surface area contributed by atoms with Crippen molar-refractivity contribution in [3.05, 3.63) is 65.7 Å².